The van der Waals surface area contributed by atoms with Gasteiger partial charge < -0.3 is 48.9 Å². The van der Waals surface area contributed by atoms with E-state index < -0.39 is 0 Å². The van der Waals surface area contributed by atoms with Crippen molar-refractivity contribution < 1.29 is 35.4 Å². The molecule has 0 N–H and O–H groups in total. The molecule has 61 heavy (non-hydrogen) atoms. The molecular formula is C48H48N8NiO4. The number of hydrogen-bond acceptors (Lipinski definition) is 10. The van der Waals surface area contributed by atoms with Gasteiger partial charge in [0.2, 0.25) is 0 Å². The fourth-order valence-corrected chi connectivity index (χ4v) is 7.51. The van der Waals surface area contributed by atoms with Gasteiger partial charge in [-0.3, -0.25) is 0 Å². The molecule has 0 fully saturated rings. The Balaban J connectivity index is 0.00000514. The zero-order valence-corrected chi connectivity index (χ0v) is 35.9. The molecule has 0 saturated heterocycles. The quantitative estimate of drug-likeness (QED) is 0.0674. The zero-order chi connectivity index (χ0) is 41.0. The van der Waals surface area contributed by atoms with Crippen LogP contribution >= 0.6 is 0 Å². The third kappa shape index (κ3) is 8.11. The van der Waals surface area contributed by atoms with Crippen LogP contribution in [0, 0.1) is 0 Å². The first-order valence-corrected chi connectivity index (χ1v) is 21.4. The molecular weight excluding hydrogens is 811 g/mol. The van der Waals surface area contributed by atoms with E-state index in [2.05, 4.69) is 27.7 Å². The summed E-state index contributed by atoms with van der Waals surface area (Å²) in [6, 6.07) is 23.7. The van der Waals surface area contributed by atoms with Gasteiger partial charge in [-0.05, 0) is 60.7 Å². The van der Waals surface area contributed by atoms with Crippen molar-refractivity contribution >= 4 is 44.1 Å². The molecule has 7 aromatic rings. The van der Waals surface area contributed by atoms with E-state index in [4.69, 9.17) is 58.8 Å². The number of ether oxygens (including phenoxy) is 4. The average molecular weight is 860 g/mol. The van der Waals surface area contributed by atoms with Crippen LogP contribution in [0.25, 0.3) is 89.7 Å². The summed E-state index contributed by atoms with van der Waals surface area (Å²) in [5.74, 6) is 4.44. The molecule has 9 rings (SSSR count). The van der Waals surface area contributed by atoms with Crippen LogP contribution < -0.4 is 28.9 Å². The van der Waals surface area contributed by atoms with Crippen molar-refractivity contribution in [1.29, 1.82) is 0 Å². The fraction of sp³-hybridized carbons (Fsp3) is 0.333. The van der Waals surface area contributed by atoms with E-state index in [-0.39, 0.29) is 16.5 Å². The molecule has 0 amide bonds. The Morgan fingerprint density at radius 3 is 1.13 bits per heavy atom. The second-order valence-corrected chi connectivity index (χ2v) is 15.0. The standard InChI is InChI=1S/C48H48N8O4.Ni/c1-5-9-25-57-33-21-13-17-29-37(33)45-49-41(29)54-46-39-31(19-15-23-35(39)59-27-11-7-3)43(51-46)56-48-40-32(20-16-24-36(40)60-28-12-8-4)44(52-48)55-47-38-30(42(50-47)53-45)18-14-22-34(38)58-26-10-6-2;/h13-24H,5-12,25-28H2,1-4H3;/q-2;+2. The molecule has 0 atom stereocenters. The maximum absolute atomic E-state index is 6.41. The van der Waals surface area contributed by atoms with Gasteiger partial charge in [-0.1, -0.05) is 102 Å². The number of hydrogen-bond donors (Lipinski definition) is 0. The first-order chi connectivity index (χ1) is 29.6. The molecule has 0 radical (unpaired) electrons. The van der Waals surface area contributed by atoms with Gasteiger partial charge >= 0.3 is 16.5 Å². The first-order valence-electron chi connectivity index (χ1n) is 21.4. The van der Waals surface area contributed by atoms with Crippen LogP contribution in [-0.2, 0) is 16.5 Å². The second kappa shape index (κ2) is 18.7. The third-order valence-electron chi connectivity index (χ3n) is 10.7. The summed E-state index contributed by atoms with van der Waals surface area (Å²) in [7, 11) is 0. The van der Waals surface area contributed by atoms with Gasteiger partial charge in [0, 0.05) is 44.5 Å². The van der Waals surface area contributed by atoms with E-state index >= 15 is 0 Å². The van der Waals surface area contributed by atoms with E-state index in [1.54, 1.807) is 0 Å². The molecule has 0 spiro atoms. The van der Waals surface area contributed by atoms with Crippen molar-refractivity contribution in [3.63, 3.8) is 0 Å². The summed E-state index contributed by atoms with van der Waals surface area (Å²) in [6.07, 6.45) is 7.62. The summed E-state index contributed by atoms with van der Waals surface area (Å²) in [6.45, 7) is 10.8. The molecule has 8 bridgehead atoms. The van der Waals surface area contributed by atoms with Gasteiger partial charge in [0.15, 0.2) is 0 Å². The molecule has 314 valence electrons. The average Bonchev–Trinajstić information content (AvgIpc) is 4.01. The number of rotatable bonds is 16. The van der Waals surface area contributed by atoms with Crippen LogP contribution in [0.2, 0.25) is 0 Å². The van der Waals surface area contributed by atoms with E-state index in [1.165, 1.54) is 0 Å². The van der Waals surface area contributed by atoms with Gasteiger partial charge in [0.25, 0.3) is 0 Å². The summed E-state index contributed by atoms with van der Waals surface area (Å²) in [5, 5.41) is 3.03. The number of benzene rings is 4. The molecule has 0 aliphatic carbocycles. The Hall–Kier alpha value is -6.07. The third-order valence-corrected chi connectivity index (χ3v) is 10.7. The second-order valence-electron chi connectivity index (χ2n) is 15.0. The molecule has 13 heteroatoms. The molecule has 2 aliphatic rings. The van der Waals surface area contributed by atoms with Crippen LogP contribution in [0.5, 0.6) is 23.0 Å². The molecule has 12 nitrogen and oxygen atoms in total. The Kier molecular flexibility index (Phi) is 12.8. The molecule has 5 heterocycles. The number of fused-ring (bicyclic) bond motifs is 20. The van der Waals surface area contributed by atoms with E-state index in [1.807, 2.05) is 72.8 Å². The Morgan fingerprint density at radius 1 is 0.393 bits per heavy atom. The number of unbranched alkanes of at least 4 members (excludes halogenated alkanes) is 4. The van der Waals surface area contributed by atoms with Crippen molar-refractivity contribution in [2.45, 2.75) is 79.1 Å². The topological polar surface area (TPSA) is 142 Å². The maximum atomic E-state index is 6.41. The van der Waals surface area contributed by atoms with E-state index in [9.17, 15) is 0 Å². The summed E-state index contributed by atoms with van der Waals surface area (Å²) < 4.78 is 25.6. The van der Waals surface area contributed by atoms with Crippen molar-refractivity contribution in [3.8, 4) is 68.5 Å². The van der Waals surface area contributed by atoms with Crippen LogP contribution in [0.1, 0.15) is 79.1 Å². The van der Waals surface area contributed by atoms with Crippen molar-refractivity contribution in [3.05, 3.63) is 72.8 Å². The van der Waals surface area contributed by atoms with Crippen LogP contribution in [0.3, 0.4) is 0 Å². The SMILES string of the molecule is CCCCOc1cccc2c1-c1nc-2nc2[n-]c(nc3nc(nc4[n-]c(n1)c1cccc(OCCCC)c41)-c1cccc(OCCCC)c1-3)c1cccc(OCCCC)c21.[Ni+2]. The first kappa shape index (κ1) is 41.7. The van der Waals surface area contributed by atoms with Gasteiger partial charge in [-0.2, -0.15) is 0 Å². The number of nitrogens with zero attached hydrogens (tertiary/aromatic N) is 8. The van der Waals surface area contributed by atoms with E-state index in [0.717, 1.165) is 95.2 Å². The predicted molar refractivity (Wildman–Crippen MR) is 236 cm³/mol. The molecule has 4 aromatic carbocycles. The summed E-state index contributed by atoms with van der Waals surface area (Å²) >= 11 is 0. The molecule has 2 aliphatic heterocycles. The fourth-order valence-electron chi connectivity index (χ4n) is 7.51. The molecule has 3 aromatic heterocycles. The van der Waals surface area contributed by atoms with Crippen LogP contribution in [0.4, 0.5) is 0 Å². The molecule has 0 unspecified atom stereocenters. The monoisotopic (exact) mass is 858 g/mol. The van der Waals surface area contributed by atoms with Crippen molar-refractivity contribution in [2.75, 3.05) is 26.4 Å². The zero-order valence-electron chi connectivity index (χ0n) is 34.9. The minimum absolute atomic E-state index is 0. The van der Waals surface area contributed by atoms with Gasteiger partial charge in [-0.25, -0.2) is 9.97 Å². The van der Waals surface area contributed by atoms with Crippen molar-refractivity contribution in [1.82, 2.24) is 39.9 Å². The summed E-state index contributed by atoms with van der Waals surface area (Å²) in [5.41, 5.74) is 4.78. The number of aromatic nitrogens is 8. The normalized spacial score (nSPS) is 11.6. The molecule has 0 saturated carbocycles. The van der Waals surface area contributed by atoms with Crippen LogP contribution in [0.15, 0.2) is 72.8 Å². The van der Waals surface area contributed by atoms with Gasteiger partial charge in [-0.15, -0.1) is 0 Å². The largest absolute Gasteiger partial charge is 2.00 e. The van der Waals surface area contributed by atoms with E-state index in [0.29, 0.717) is 95.3 Å². The Labute approximate surface area is 364 Å². The Bertz CT molecular complexity index is 2680. The minimum atomic E-state index is 0. The van der Waals surface area contributed by atoms with Gasteiger partial charge in [0.1, 0.15) is 23.0 Å². The van der Waals surface area contributed by atoms with Crippen molar-refractivity contribution in [2.24, 2.45) is 0 Å². The summed E-state index contributed by atoms with van der Waals surface area (Å²) in [4.78, 5) is 41.4. The maximum Gasteiger partial charge on any atom is 2.00 e. The van der Waals surface area contributed by atoms with Gasteiger partial charge in [0.05, 0.1) is 60.9 Å². The van der Waals surface area contributed by atoms with Crippen LogP contribution in [-0.4, -0.2) is 56.3 Å². The predicted octanol–water partition coefficient (Wildman–Crippen LogP) is 10.8. The smallest absolute Gasteiger partial charge is 0.493 e. The minimum Gasteiger partial charge on any atom is -0.493 e. The Morgan fingerprint density at radius 2 is 0.738 bits per heavy atom.